The largest absolute Gasteiger partial charge is 0.0779 e. The summed E-state index contributed by atoms with van der Waals surface area (Å²) in [6.45, 7) is 52.0. The number of benzene rings is 2. The van der Waals surface area contributed by atoms with E-state index in [1.54, 1.807) is 22.3 Å². The Hall–Kier alpha value is -2.38. The van der Waals surface area contributed by atoms with Crippen LogP contribution in [0.4, 0.5) is 0 Å². The van der Waals surface area contributed by atoms with Crippen LogP contribution in [0.5, 0.6) is 0 Å². The molecule has 0 spiro atoms. The van der Waals surface area contributed by atoms with E-state index in [9.17, 15) is 0 Å². The summed E-state index contributed by atoms with van der Waals surface area (Å²) in [6.07, 6.45) is 10.8. The Morgan fingerprint density at radius 2 is 0.877 bits per heavy atom. The average Bonchev–Trinajstić information content (AvgIpc) is 3.57. The summed E-state index contributed by atoms with van der Waals surface area (Å²) in [6, 6.07) is 15.3. The minimum Gasteiger partial charge on any atom is -0.0779 e. The van der Waals surface area contributed by atoms with Crippen molar-refractivity contribution in [3.63, 3.8) is 0 Å². The second kappa shape index (κ2) is 14.4. The van der Waals surface area contributed by atoms with Crippen molar-refractivity contribution < 1.29 is 0 Å². The summed E-state index contributed by atoms with van der Waals surface area (Å²) in [4.78, 5) is 0. The van der Waals surface area contributed by atoms with Crippen LogP contribution in [0.1, 0.15) is 178 Å². The highest BCUT2D eigenvalue weighted by Crippen LogP contribution is 2.66. The molecule has 0 nitrogen and oxygen atoms in total. The Balaban J connectivity index is 1.45. The standard InChI is InChI=1S/C56H84Si/c1-33-22-43(37-26-39(52(5,6)7)30-40(27-37)53(8,9)10)44-24-34(2)50(46(44)23-33)57(20,21)51-35(3)25-45-47(51)32-48(56(17,18)19)36(4)49(45)38-28-41(54(11,12)13)31-42(29-38)55(14,15)16/h22-23,26-32,34-35,44-47,50-51H,24-25H2,1-21H3. The second-order valence-corrected chi connectivity index (χ2v) is 30.6. The van der Waals surface area contributed by atoms with Gasteiger partial charge in [-0.05, 0) is 156 Å². The molecular weight excluding hydrogens is 701 g/mol. The van der Waals surface area contributed by atoms with E-state index in [1.165, 1.54) is 51.8 Å². The van der Waals surface area contributed by atoms with Crippen LogP contribution in [-0.2, 0) is 21.7 Å². The lowest BCUT2D eigenvalue weighted by Gasteiger charge is -2.47. The lowest BCUT2D eigenvalue weighted by atomic mass is 9.68. The molecule has 0 aromatic heterocycles. The van der Waals surface area contributed by atoms with Gasteiger partial charge in [0, 0.05) is 0 Å². The summed E-state index contributed by atoms with van der Waals surface area (Å²) in [5.74, 6) is 3.81. The Bertz CT molecular complexity index is 1940. The van der Waals surface area contributed by atoms with Crippen molar-refractivity contribution in [3.05, 3.63) is 105 Å². The zero-order valence-electron chi connectivity index (χ0n) is 40.7. The number of fused-ring (bicyclic) bond motifs is 2. The summed E-state index contributed by atoms with van der Waals surface area (Å²) < 4.78 is 0. The summed E-state index contributed by atoms with van der Waals surface area (Å²) in [5.41, 5.74) is 18.8. The van der Waals surface area contributed by atoms with Crippen molar-refractivity contribution in [1.82, 2.24) is 0 Å². The third-order valence-electron chi connectivity index (χ3n) is 15.5. The minimum absolute atomic E-state index is 0.0954. The lowest BCUT2D eigenvalue weighted by molar-refractivity contribution is 0.464. The van der Waals surface area contributed by atoms with Crippen LogP contribution in [-0.4, -0.2) is 8.07 Å². The van der Waals surface area contributed by atoms with E-state index in [0.717, 1.165) is 17.0 Å². The van der Waals surface area contributed by atoms with Crippen LogP contribution in [0.2, 0.25) is 24.2 Å². The molecular formula is C56H84Si. The molecule has 0 saturated heterocycles. The number of allylic oxidation sites excluding steroid dienone is 8. The fraction of sp³-hybridized carbons (Fsp3) is 0.643. The highest BCUT2D eigenvalue weighted by molar-refractivity contribution is 6.80. The molecule has 57 heavy (non-hydrogen) atoms. The molecule has 0 N–H and O–H groups in total. The van der Waals surface area contributed by atoms with Crippen molar-refractivity contribution in [1.29, 1.82) is 0 Å². The van der Waals surface area contributed by atoms with E-state index in [0.29, 0.717) is 29.6 Å². The van der Waals surface area contributed by atoms with Crippen molar-refractivity contribution in [2.24, 2.45) is 40.9 Å². The molecule has 2 aromatic rings. The Morgan fingerprint density at radius 3 is 1.28 bits per heavy atom. The van der Waals surface area contributed by atoms with E-state index < -0.39 is 8.07 Å². The minimum atomic E-state index is -1.88. The quantitative estimate of drug-likeness (QED) is 0.271. The van der Waals surface area contributed by atoms with Gasteiger partial charge in [-0.2, -0.15) is 0 Å². The maximum absolute atomic E-state index is 2.86. The van der Waals surface area contributed by atoms with Crippen LogP contribution >= 0.6 is 0 Å². The van der Waals surface area contributed by atoms with Crippen LogP contribution < -0.4 is 0 Å². The third kappa shape index (κ3) is 8.25. The first kappa shape index (κ1) is 44.2. The Labute approximate surface area is 353 Å². The zero-order chi connectivity index (χ0) is 42.7. The van der Waals surface area contributed by atoms with Crippen LogP contribution in [0.15, 0.2) is 71.3 Å². The average molecular weight is 785 g/mol. The Morgan fingerprint density at radius 1 is 0.491 bits per heavy atom. The molecule has 2 fully saturated rings. The molecule has 0 radical (unpaired) electrons. The van der Waals surface area contributed by atoms with E-state index in [2.05, 4.69) is 199 Å². The molecule has 6 rings (SSSR count). The van der Waals surface area contributed by atoms with Gasteiger partial charge >= 0.3 is 0 Å². The first-order valence-electron chi connectivity index (χ1n) is 23.0. The van der Waals surface area contributed by atoms with Gasteiger partial charge in [0.1, 0.15) is 0 Å². The summed E-state index contributed by atoms with van der Waals surface area (Å²) in [5, 5.41) is 0. The number of hydrogen-bond donors (Lipinski definition) is 0. The highest BCUT2D eigenvalue weighted by atomic mass is 28.3. The van der Waals surface area contributed by atoms with E-state index in [1.807, 2.05) is 0 Å². The van der Waals surface area contributed by atoms with Gasteiger partial charge in [-0.1, -0.05) is 191 Å². The summed E-state index contributed by atoms with van der Waals surface area (Å²) in [7, 11) is -1.88. The lowest BCUT2D eigenvalue weighted by Crippen LogP contribution is -2.46. The van der Waals surface area contributed by atoms with Gasteiger partial charge < -0.3 is 0 Å². The first-order chi connectivity index (χ1) is 25.8. The number of hydrogen-bond acceptors (Lipinski definition) is 0. The van der Waals surface area contributed by atoms with Gasteiger partial charge in [-0.15, -0.1) is 0 Å². The van der Waals surface area contributed by atoms with Crippen LogP contribution in [0.25, 0.3) is 11.1 Å². The monoisotopic (exact) mass is 785 g/mol. The maximum Gasteiger partial charge on any atom is 0.0553 e. The Kier molecular flexibility index (Phi) is 11.1. The van der Waals surface area contributed by atoms with Gasteiger partial charge in [0.05, 0.1) is 8.07 Å². The molecule has 0 aliphatic heterocycles. The van der Waals surface area contributed by atoms with Gasteiger partial charge in [0.2, 0.25) is 0 Å². The molecule has 312 valence electrons. The van der Waals surface area contributed by atoms with Crippen LogP contribution in [0, 0.1) is 40.9 Å². The van der Waals surface area contributed by atoms with Crippen molar-refractivity contribution >= 4 is 19.2 Å². The molecule has 4 aliphatic carbocycles. The molecule has 2 aromatic carbocycles. The van der Waals surface area contributed by atoms with E-state index >= 15 is 0 Å². The first-order valence-corrected chi connectivity index (χ1v) is 26.1. The topological polar surface area (TPSA) is 0 Å². The van der Waals surface area contributed by atoms with Gasteiger partial charge in [0.25, 0.3) is 0 Å². The third-order valence-corrected chi connectivity index (χ3v) is 20.9. The number of rotatable bonds is 4. The van der Waals surface area contributed by atoms with Gasteiger partial charge in [-0.3, -0.25) is 0 Å². The molecule has 0 heterocycles. The zero-order valence-corrected chi connectivity index (χ0v) is 41.7. The highest BCUT2D eigenvalue weighted by Gasteiger charge is 2.58. The SMILES string of the molecule is CC1=CC2C(CC(C)C2[Si](C)(C)C2C(C)CC3C(c4cc(C(C)(C)C)cc(C(C)(C)C)c4)=C(C)C(C(C)(C)C)=CC32)C(c2cc(C(C)(C)C)cc(C(C)(C)C)c2)=C1. The molecule has 2 saturated carbocycles. The smallest absolute Gasteiger partial charge is 0.0553 e. The predicted octanol–water partition coefficient (Wildman–Crippen LogP) is 16.7. The molecule has 4 aliphatic rings. The maximum atomic E-state index is 2.86. The van der Waals surface area contributed by atoms with Gasteiger partial charge in [0.15, 0.2) is 0 Å². The normalized spacial score (nSPS) is 28.9. The van der Waals surface area contributed by atoms with Crippen molar-refractivity contribution in [2.45, 2.75) is 190 Å². The fourth-order valence-electron chi connectivity index (χ4n) is 12.7. The van der Waals surface area contributed by atoms with Crippen molar-refractivity contribution in [3.8, 4) is 0 Å². The second-order valence-electron chi connectivity index (χ2n) is 25.6. The molecule has 0 amide bonds. The van der Waals surface area contributed by atoms with E-state index in [-0.39, 0.29) is 27.1 Å². The summed E-state index contributed by atoms with van der Waals surface area (Å²) >= 11 is 0. The van der Waals surface area contributed by atoms with Crippen molar-refractivity contribution in [2.75, 3.05) is 0 Å². The molecule has 8 unspecified atom stereocenters. The predicted molar refractivity (Wildman–Crippen MR) is 256 cm³/mol. The molecule has 1 heteroatoms. The van der Waals surface area contributed by atoms with Gasteiger partial charge in [-0.25, -0.2) is 0 Å². The van der Waals surface area contributed by atoms with Crippen LogP contribution in [0.3, 0.4) is 0 Å². The van der Waals surface area contributed by atoms with E-state index in [4.69, 9.17) is 0 Å². The molecule has 8 atom stereocenters. The molecule has 0 bridgehead atoms. The fourth-order valence-corrected chi connectivity index (χ4v) is 19.0.